The van der Waals surface area contributed by atoms with E-state index >= 15 is 0 Å². The summed E-state index contributed by atoms with van der Waals surface area (Å²) in [7, 11) is 0. The Kier molecular flexibility index (Phi) is 4.10. The van der Waals surface area contributed by atoms with Crippen molar-refractivity contribution in [2.45, 2.75) is 13.5 Å². The third-order valence-corrected chi connectivity index (χ3v) is 3.45. The van der Waals surface area contributed by atoms with E-state index in [0.717, 1.165) is 11.3 Å². The van der Waals surface area contributed by atoms with E-state index in [1.54, 1.807) is 12.1 Å². The first-order valence-electron chi connectivity index (χ1n) is 5.51. The van der Waals surface area contributed by atoms with Crippen molar-refractivity contribution in [2.24, 2.45) is 0 Å². The highest BCUT2D eigenvalue weighted by atomic mass is 35.5. The van der Waals surface area contributed by atoms with Crippen LogP contribution in [0, 0.1) is 12.7 Å². The summed E-state index contributed by atoms with van der Waals surface area (Å²) in [5.41, 5.74) is 2.59. The first-order chi connectivity index (χ1) is 8.59. The summed E-state index contributed by atoms with van der Waals surface area (Å²) in [5.74, 6) is -0.410. The summed E-state index contributed by atoms with van der Waals surface area (Å²) in [6.45, 7) is 2.39. The molecule has 1 N–H and O–H groups in total. The van der Waals surface area contributed by atoms with E-state index in [0.29, 0.717) is 17.1 Å². The zero-order valence-electron chi connectivity index (χ0n) is 9.81. The molecule has 0 aliphatic heterocycles. The standard InChI is InChI=1S/C14H12Cl2FN/c1-9-4-2-6-11(15)14(9)18-8-10-5-3-7-12(17)13(10)16/h2-7,18H,8H2,1H3. The fourth-order valence-electron chi connectivity index (χ4n) is 1.72. The first kappa shape index (κ1) is 13.2. The van der Waals surface area contributed by atoms with Crippen molar-refractivity contribution >= 4 is 28.9 Å². The van der Waals surface area contributed by atoms with E-state index < -0.39 is 5.82 Å². The van der Waals surface area contributed by atoms with Crippen LogP contribution in [0.4, 0.5) is 10.1 Å². The van der Waals surface area contributed by atoms with Gasteiger partial charge in [-0.15, -0.1) is 0 Å². The van der Waals surface area contributed by atoms with Gasteiger partial charge in [0.05, 0.1) is 15.7 Å². The van der Waals surface area contributed by atoms with Crippen LogP contribution in [-0.4, -0.2) is 0 Å². The Bertz CT molecular complexity index is 549. The van der Waals surface area contributed by atoms with Crippen LogP contribution in [0.3, 0.4) is 0 Å². The van der Waals surface area contributed by atoms with Crippen LogP contribution in [0.25, 0.3) is 0 Å². The van der Waals surface area contributed by atoms with Crippen molar-refractivity contribution in [2.75, 3.05) is 5.32 Å². The lowest BCUT2D eigenvalue weighted by atomic mass is 10.1. The Morgan fingerprint density at radius 3 is 2.56 bits per heavy atom. The molecule has 0 saturated heterocycles. The molecule has 2 aromatic carbocycles. The quantitative estimate of drug-likeness (QED) is 0.831. The third-order valence-electron chi connectivity index (χ3n) is 2.71. The molecule has 0 fully saturated rings. The lowest BCUT2D eigenvalue weighted by Crippen LogP contribution is -2.03. The lowest BCUT2D eigenvalue weighted by Gasteiger charge is -2.12. The highest BCUT2D eigenvalue weighted by Gasteiger charge is 2.07. The molecule has 0 bridgehead atoms. The van der Waals surface area contributed by atoms with Crippen LogP contribution in [0.15, 0.2) is 36.4 Å². The Labute approximate surface area is 116 Å². The van der Waals surface area contributed by atoms with Crippen LogP contribution in [-0.2, 0) is 6.54 Å². The molecule has 0 saturated carbocycles. The van der Waals surface area contributed by atoms with Crippen LogP contribution in [0.1, 0.15) is 11.1 Å². The van der Waals surface area contributed by atoms with Gasteiger partial charge in [-0.3, -0.25) is 0 Å². The summed E-state index contributed by atoms with van der Waals surface area (Å²) in [6.07, 6.45) is 0. The minimum absolute atomic E-state index is 0.148. The van der Waals surface area contributed by atoms with E-state index in [9.17, 15) is 4.39 Å². The van der Waals surface area contributed by atoms with Gasteiger partial charge in [0.1, 0.15) is 5.82 Å². The summed E-state index contributed by atoms with van der Waals surface area (Å²) in [4.78, 5) is 0. The molecule has 0 aromatic heterocycles. The Hall–Kier alpha value is -1.25. The molecule has 0 atom stereocenters. The molecule has 0 heterocycles. The van der Waals surface area contributed by atoms with Crippen molar-refractivity contribution in [3.05, 3.63) is 63.4 Å². The van der Waals surface area contributed by atoms with E-state index in [2.05, 4.69) is 5.32 Å². The largest absolute Gasteiger partial charge is 0.379 e. The SMILES string of the molecule is Cc1cccc(Cl)c1NCc1cccc(F)c1Cl. The number of hydrogen-bond acceptors (Lipinski definition) is 1. The third kappa shape index (κ3) is 2.77. The van der Waals surface area contributed by atoms with Gasteiger partial charge in [0.15, 0.2) is 0 Å². The van der Waals surface area contributed by atoms with Crippen molar-refractivity contribution in [3.8, 4) is 0 Å². The molecule has 0 radical (unpaired) electrons. The zero-order valence-corrected chi connectivity index (χ0v) is 11.3. The second-order valence-corrected chi connectivity index (χ2v) is 4.78. The molecule has 1 nitrogen and oxygen atoms in total. The van der Waals surface area contributed by atoms with Crippen LogP contribution >= 0.6 is 23.2 Å². The number of anilines is 1. The smallest absolute Gasteiger partial charge is 0.142 e. The molecular weight excluding hydrogens is 272 g/mol. The molecule has 4 heteroatoms. The molecule has 2 rings (SSSR count). The van der Waals surface area contributed by atoms with E-state index in [4.69, 9.17) is 23.2 Å². The predicted octanol–water partition coefficient (Wildman–Crippen LogP) is 5.05. The lowest BCUT2D eigenvalue weighted by molar-refractivity contribution is 0.626. The molecule has 18 heavy (non-hydrogen) atoms. The number of aryl methyl sites for hydroxylation is 1. The number of hydrogen-bond donors (Lipinski definition) is 1. The van der Waals surface area contributed by atoms with Crippen molar-refractivity contribution in [1.29, 1.82) is 0 Å². The number of rotatable bonds is 3. The second-order valence-electron chi connectivity index (χ2n) is 4.00. The molecule has 0 aliphatic rings. The summed E-state index contributed by atoms with van der Waals surface area (Å²) >= 11 is 12.0. The van der Waals surface area contributed by atoms with Gasteiger partial charge >= 0.3 is 0 Å². The minimum atomic E-state index is -0.410. The summed E-state index contributed by atoms with van der Waals surface area (Å²) < 4.78 is 13.3. The average molecular weight is 284 g/mol. The van der Waals surface area contributed by atoms with Crippen LogP contribution < -0.4 is 5.32 Å². The summed E-state index contributed by atoms with van der Waals surface area (Å²) in [5, 5.41) is 3.97. The highest BCUT2D eigenvalue weighted by molar-refractivity contribution is 6.33. The van der Waals surface area contributed by atoms with E-state index in [1.165, 1.54) is 6.07 Å². The maximum absolute atomic E-state index is 13.3. The second kappa shape index (κ2) is 5.59. The average Bonchev–Trinajstić information content (AvgIpc) is 2.33. The van der Waals surface area contributed by atoms with Crippen molar-refractivity contribution < 1.29 is 4.39 Å². The predicted molar refractivity (Wildman–Crippen MR) is 74.9 cm³/mol. The molecular formula is C14H12Cl2FN. The number of halogens is 3. The number of nitrogens with one attached hydrogen (secondary N) is 1. The van der Waals surface area contributed by atoms with Gasteiger partial charge in [0, 0.05) is 6.54 Å². The molecule has 0 unspecified atom stereocenters. The summed E-state index contributed by atoms with van der Waals surface area (Å²) in [6, 6.07) is 10.4. The number of benzene rings is 2. The van der Waals surface area contributed by atoms with Gasteiger partial charge in [-0.05, 0) is 30.2 Å². The highest BCUT2D eigenvalue weighted by Crippen LogP contribution is 2.27. The van der Waals surface area contributed by atoms with Gasteiger partial charge < -0.3 is 5.32 Å². The van der Waals surface area contributed by atoms with Crippen molar-refractivity contribution in [3.63, 3.8) is 0 Å². The van der Waals surface area contributed by atoms with Gasteiger partial charge in [0.25, 0.3) is 0 Å². The Balaban J connectivity index is 2.19. The minimum Gasteiger partial charge on any atom is -0.379 e. The Morgan fingerprint density at radius 1 is 1.11 bits per heavy atom. The van der Waals surface area contributed by atoms with Gasteiger partial charge in [0.2, 0.25) is 0 Å². The van der Waals surface area contributed by atoms with Gasteiger partial charge in [-0.2, -0.15) is 0 Å². The molecule has 0 spiro atoms. The van der Waals surface area contributed by atoms with Crippen LogP contribution in [0.2, 0.25) is 10.0 Å². The molecule has 2 aromatic rings. The monoisotopic (exact) mass is 283 g/mol. The normalized spacial score (nSPS) is 10.4. The first-order valence-corrected chi connectivity index (χ1v) is 6.27. The van der Waals surface area contributed by atoms with E-state index in [1.807, 2.05) is 25.1 Å². The zero-order chi connectivity index (χ0) is 13.1. The number of para-hydroxylation sites is 1. The molecule has 0 aliphatic carbocycles. The van der Waals surface area contributed by atoms with Gasteiger partial charge in [-0.1, -0.05) is 47.5 Å². The van der Waals surface area contributed by atoms with Crippen LogP contribution in [0.5, 0.6) is 0 Å². The van der Waals surface area contributed by atoms with Crippen molar-refractivity contribution in [1.82, 2.24) is 0 Å². The van der Waals surface area contributed by atoms with E-state index in [-0.39, 0.29) is 5.02 Å². The fourth-order valence-corrected chi connectivity index (χ4v) is 2.21. The topological polar surface area (TPSA) is 12.0 Å². The maximum atomic E-state index is 13.3. The van der Waals surface area contributed by atoms with Gasteiger partial charge in [-0.25, -0.2) is 4.39 Å². The fraction of sp³-hybridized carbons (Fsp3) is 0.143. The maximum Gasteiger partial charge on any atom is 0.142 e. The molecule has 94 valence electrons. The molecule has 0 amide bonds. The Morgan fingerprint density at radius 2 is 1.83 bits per heavy atom.